The monoisotopic (exact) mass is 257 g/mol. The molecule has 0 unspecified atom stereocenters. The molecule has 0 radical (unpaired) electrons. The molecule has 6 heteroatoms. The summed E-state index contributed by atoms with van der Waals surface area (Å²) in [6.07, 6.45) is 4.10. The normalized spacial score (nSPS) is 16.4. The Morgan fingerprint density at radius 1 is 1.53 bits per heavy atom. The maximum absolute atomic E-state index is 11.5. The van der Waals surface area contributed by atoms with Gasteiger partial charge in [-0.2, -0.15) is 5.10 Å². The molecule has 1 heterocycles. The largest absolute Gasteiger partial charge is 0.326 e. The van der Waals surface area contributed by atoms with Crippen LogP contribution in [0.25, 0.3) is 0 Å². The second-order valence-corrected chi connectivity index (χ2v) is 6.97. The lowest BCUT2D eigenvalue weighted by molar-refractivity contribution is 0.574. The van der Waals surface area contributed by atoms with Crippen molar-refractivity contribution in [1.82, 2.24) is 9.78 Å². The Bertz CT molecular complexity index is 489. The summed E-state index contributed by atoms with van der Waals surface area (Å²) in [4.78, 5) is 0. The van der Waals surface area contributed by atoms with Gasteiger partial charge in [0.2, 0.25) is 0 Å². The van der Waals surface area contributed by atoms with Crippen LogP contribution in [0.4, 0.5) is 0 Å². The first-order chi connectivity index (χ1) is 8.07. The zero-order valence-electron chi connectivity index (χ0n) is 10.1. The van der Waals surface area contributed by atoms with E-state index in [1.807, 2.05) is 4.68 Å². The topological polar surface area (TPSA) is 78.0 Å². The first-order valence-corrected chi connectivity index (χ1v) is 7.84. The van der Waals surface area contributed by atoms with Gasteiger partial charge in [0.15, 0.2) is 9.84 Å². The molecule has 0 amide bonds. The quantitative estimate of drug-likeness (QED) is 0.812. The minimum atomic E-state index is -2.93. The Hall–Kier alpha value is -0.880. The average Bonchev–Trinajstić information content (AvgIpc) is 3.07. The molecule has 1 aromatic rings. The fourth-order valence-corrected chi connectivity index (χ4v) is 2.71. The standard InChI is InChI=1S/C11H19N3O2S/c1-2-17(15,16)6-5-14-11(9-3-4-9)10(7-12)8-13-14/h8-9H,2-7,12H2,1H3. The molecule has 1 aliphatic rings. The maximum atomic E-state index is 11.5. The third-order valence-corrected chi connectivity index (χ3v) is 4.88. The smallest absolute Gasteiger partial charge is 0.151 e. The van der Waals surface area contributed by atoms with Crippen LogP contribution in [0.15, 0.2) is 6.20 Å². The number of nitrogens with zero attached hydrogens (tertiary/aromatic N) is 2. The van der Waals surface area contributed by atoms with E-state index in [9.17, 15) is 8.42 Å². The molecule has 0 saturated heterocycles. The van der Waals surface area contributed by atoms with Crippen LogP contribution in [0, 0.1) is 0 Å². The Labute approximate surface area is 102 Å². The number of hydrogen-bond donors (Lipinski definition) is 1. The molecule has 0 aliphatic heterocycles. The molecule has 0 aromatic carbocycles. The van der Waals surface area contributed by atoms with Gasteiger partial charge in [-0.1, -0.05) is 6.92 Å². The van der Waals surface area contributed by atoms with Crippen molar-refractivity contribution in [2.24, 2.45) is 5.73 Å². The van der Waals surface area contributed by atoms with E-state index in [4.69, 9.17) is 5.73 Å². The highest BCUT2D eigenvalue weighted by Crippen LogP contribution is 2.41. The summed E-state index contributed by atoms with van der Waals surface area (Å²) >= 11 is 0. The Kier molecular flexibility index (Phi) is 3.53. The Balaban J connectivity index is 2.13. The van der Waals surface area contributed by atoms with Gasteiger partial charge in [0.05, 0.1) is 18.5 Å². The first-order valence-electron chi connectivity index (χ1n) is 6.02. The number of nitrogens with two attached hydrogens (primary N) is 1. The average molecular weight is 257 g/mol. The van der Waals surface area contributed by atoms with E-state index in [0.29, 0.717) is 19.0 Å². The third-order valence-electron chi connectivity index (χ3n) is 3.20. The van der Waals surface area contributed by atoms with Gasteiger partial charge >= 0.3 is 0 Å². The Morgan fingerprint density at radius 2 is 2.24 bits per heavy atom. The predicted octanol–water partition coefficient (Wildman–Crippen LogP) is 0.654. The molecule has 5 nitrogen and oxygen atoms in total. The van der Waals surface area contributed by atoms with E-state index in [2.05, 4.69) is 5.10 Å². The number of sulfone groups is 1. The summed E-state index contributed by atoms with van der Waals surface area (Å²) in [6, 6.07) is 0. The fourth-order valence-electron chi connectivity index (χ4n) is 1.97. The molecular weight excluding hydrogens is 238 g/mol. The zero-order valence-corrected chi connectivity index (χ0v) is 10.9. The highest BCUT2D eigenvalue weighted by Gasteiger charge is 2.29. The van der Waals surface area contributed by atoms with Gasteiger partial charge in [-0.3, -0.25) is 4.68 Å². The maximum Gasteiger partial charge on any atom is 0.151 e. The number of aryl methyl sites for hydroxylation is 1. The van der Waals surface area contributed by atoms with E-state index < -0.39 is 9.84 Å². The van der Waals surface area contributed by atoms with Crippen LogP contribution < -0.4 is 5.73 Å². The highest BCUT2D eigenvalue weighted by molar-refractivity contribution is 7.91. The van der Waals surface area contributed by atoms with Gasteiger partial charge in [0, 0.05) is 29.5 Å². The van der Waals surface area contributed by atoms with E-state index in [1.54, 1.807) is 13.1 Å². The van der Waals surface area contributed by atoms with Crippen LogP contribution in [-0.2, 0) is 22.9 Å². The van der Waals surface area contributed by atoms with Gasteiger partial charge in [-0.05, 0) is 12.8 Å². The summed E-state index contributed by atoms with van der Waals surface area (Å²) in [5.41, 5.74) is 7.87. The Morgan fingerprint density at radius 3 is 2.76 bits per heavy atom. The molecular formula is C11H19N3O2S. The lowest BCUT2D eigenvalue weighted by atomic mass is 10.2. The molecule has 17 heavy (non-hydrogen) atoms. The number of hydrogen-bond acceptors (Lipinski definition) is 4. The van der Waals surface area contributed by atoms with E-state index in [0.717, 1.165) is 11.3 Å². The molecule has 1 saturated carbocycles. The molecule has 1 fully saturated rings. The van der Waals surface area contributed by atoms with Crippen molar-refractivity contribution >= 4 is 9.84 Å². The molecule has 0 spiro atoms. The number of rotatable bonds is 6. The van der Waals surface area contributed by atoms with Crippen LogP contribution in [0.5, 0.6) is 0 Å². The van der Waals surface area contributed by atoms with Crippen molar-refractivity contribution in [2.75, 3.05) is 11.5 Å². The minimum Gasteiger partial charge on any atom is -0.326 e. The number of aromatic nitrogens is 2. The molecule has 2 N–H and O–H groups in total. The van der Waals surface area contributed by atoms with Crippen LogP contribution >= 0.6 is 0 Å². The zero-order chi connectivity index (χ0) is 12.5. The van der Waals surface area contributed by atoms with Crippen molar-refractivity contribution in [3.05, 3.63) is 17.5 Å². The summed E-state index contributed by atoms with van der Waals surface area (Å²) in [5, 5.41) is 4.26. The molecule has 0 atom stereocenters. The molecule has 1 aromatic heterocycles. The SMILES string of the molecule is CCS(=O)(=O)CCn1ncc(CN)c1C1CC1. The van der Waals surface area contributed by atoms with E-state index >= 15 is 0 Å². The summed E-state index contributed by atoms with van der Waals surface area (Å²) in [6.45, 7) is 2.60. The van der Waals surface area contributed by atoms with Crippen LogP contribution in [0.2, 0.25) is 0 Å². The van der Waals surface area contributed by atoms with E-state index in [-0.39, 0.29) is 11.5 Å². The summed E-state index contributed by atoms with van der Waals surface area (Å²) in [5.74, 6) is 0.895. The fraction of sp³-hybridized carbons (Fsp3) is 0.727. The van der Waals surface area contributed by atoms with Crippen molar-refractivity contribution < 1.29 is 8.42 Å². The molecule has 96 valence electrons. The van der Waals surface area contributed by atoms with Crippen molar-refractivity contribution in [2.45, 2.75) is 38.8 Å². The van der Waals surface area contributed by atoms with Gasteiger partial charge in [0.1, 0.15) is 0 Å². The van der Waals surface area contributed by atoms with Crippen LogP contribution in [0.3, 0.4) is 0 Å². The molecule has 1 aliphatic carbocycles. The summed E-state index contributed by atoms with van der Waals surface area (Å²) < 4.78 is 24.8. The van der Waals surface area contributed by atoms with Gasteiger partial charge in [-0.25, -0.2) is 8.42 Å². The lowest BCUT2D eigenvalue weighted by Crippen LogP contribution is -2.17. The first kappa shape index (κ1) is 12.6. The van der Waals surface area contributed by atoms with Crippen molar-refractivity contribution in [1.29, 1.82) is 0 Å². The van der Waals surface area contributed by atoms with Crippen LogP contribution in [0.1, 0.15) is 36.9 Å². The van der Waals surface area contributed by atoms with E-state index in [1.165, 1.54) is 12.8 Å². The minimum absolute atomic E-state index is 0.162. The second-order valence-electron chi connectivity index (χ2n) is 4.49. The van der Waals surface area contributed by atoms with Crippen LogP contribution in [-0.4, -0.2) is 29.7 Å². The molecule has 2 rings (SSSR count). The van der Waals surface area contributed by atoms with Crippen molar-refractivity contribution in [3.8, 4) is 0 Å². The summed E-state index contributed by atoms with van der Waals surface area (Å²) in [7, 11) is -2.93. The molecule has 0 bridgehead atoms. The second kappa shape index (κ2) is 4.78. The highest BCUT2D eigenvalue weighted by atomic mass is 32.2. The predicted molar refractivity (Wildman–Crippen MR) is 66.4 cm³/mol. The van der Waals surface area contributed by atoms with Crippen molar-refractivity contribution in [3.63, 3.8) is 0 Å². The van der Waals surface area contributed by atoms with Gasteiger partial charge in [0.25, 0.3) is 0 Å². The van der Waals surface area contributed by atoms with Gasteiger partial charge in [-0.15, -0.1) is 0 Å². The lowest BCUT2D eigenvalue weighted by Gasteiger charge is -2.08. The third kappa shape index (κ3) is 2.87. The van der Waals surface area contributed by atoms with Gasteiger partial charge < -0.3 is 5.73 Å².